The highest BCUT2D eigenvalue weighted by atomic mass is 35.5. The third kappa shape index (κ3) is 8.14. The number of nitrogens with zero attached hydrogens (tertiary/aromatic N) is 3. The molecular weight excluding hydrogens is 511 g/mol. The molecule has 1 aliphatic heterocycles. The van der Waals surface area contributed by atoms with Gasteiger partial charge in [0.15, 0.2) is 6.61 Å². The number of carbonyl (C=O) groups excluding carboxylic acids is 2. The molecule has 1 N–H and O–H groups in total. The van der Waals surface area contributed by atoms with Crippen LogP contribution in [0, 0.1) is 5.82 Å². The SMILES string of the molecule is CC1CN(C(=O)COc2ncc(Cl)cc2CCC(=O)NS(C)(=O)=O)C(C)CN1Cc1ccc(F)cc1. The molecule has 1 aromatic heterocycles. The predicted molar refractivity (Wildman–Crippen MR) is 133 cm³/mol. The minimum absolute atomic E-state index is 0.0601. The molecule has 12 heteroatoms. The molecule has 1 aromatic carbocycles. The third-order valence-corrected chi connectivity index (χ3v) is 6.68. The number of hydrogen-bond donors (Lipinski definition) is 1. The van der Waals surface area contributed by atoms with Gasteiger partial charge in [-0.15, -0.1) is 0 Å². The summed E-state index contributed by atoms with van der Waals surface area (Å²) in [5.74, 6) is -0.976. The monoisotopic (exact) mass is 540 g/mol. The minimum Gasteiger partial charge on any atom is -0.467 e. The van der Waals surface area contributed by atoms with Crippen LogP contribution in [0.4, 0.5) is 4.39 Å². The molecule has 2 atom stereocenters. The van der Waals surface area contributed by atoms with Gasteiger partial charge in [-0.3, -0.25) is 19.2 Å². The van der Waals surface area contributed by atoms with Crippen LogP contribution < -0.4 is 9.46 Å². The lowest BCUT2D eigenvalue weighted by Crippen LogP contribution is -2.58. The van der Waals surface area contributed by atoms with Gasteiger partial charge in [0.25, 0.3) is 5.91 Å². The molecule has 0 bridgehead atoms. The van der Waals surface area contributed by atoms with E-state index in [9.17, 15) is 22.4 Å². The van der Waals surface area contributed by atoms with Crippen LogP contribution in [0.2, 0.25) is 5.02 Å². The first-order chi connectivity index (χ1) is 16.9. The molecule has 36 heavy (non-hydrogen) atoms. The van der Waals surface area contributed by atoms with Crippen molar-refractivity contribution in [2.45, 2.75) is 45.3 Å². The van der Waals surface area contributed by atoms with E-state index in [4.69, 9.17) is 16.3 Å². The second-order valence-corrected chi connectivity index (χ2v) is 11.2. The van der Waals surface area contributed by atoms with Gasteiger partial charge in [-0.05, 0) is 44.0 Å². The fraction of sp³-hybridized carbons (Fsp3) is 0.458. The number of amides is 2. The zero-order valence-electron chi connectivity index (χ0n) is 20.4. The van der Waals surface area contributed by atoms with Crippen molar-refractivity contribution in [2.24, 2.45) is 0 Å². The smallest absolute Gasteiger partial charge is 0.260 e. The average molecular weight is 541 g/mol. The zero-order chi connectivity index (χ0) is 26.5. The number of pyridine rings is 1. The van der Waals surface area contributed by atoms with Crippen molar-refractivity contribution in [1.82, 2.24) is 19.5 Å². The number of carbonyl (C=O) groups is 2. The summed E-state index contributed by atoms with van der Waals surface area (Å²) in [6.45, 7) is 5.59. The summed E-state index contributed by atoms with van der Waals surface area (Å²) in [5.41, 5.74) is 1.50. The number of ether oxygens (including phenoxy) is 1. The average Bonchev–Trinajstić information content (AvgIpc) is 2.79. The molecule has 1 aliphatic rings. The van der Waals surface area contributed by atoms with Crippen LogP contribution in [0.3, 0.4) is 0 Å². The first kappa shape index (κ1) is 27.8. The van der Waals surface area contributed by atoms with Crippen molar-refractivity contribution in [3.8, 4) is 5.88 Å². The molecule has 2 unspecified atom stereocenters. The van der Waals surface area contributed by atoms with Gasteiger partial charge in [0.1, 0.15) is 5.82 Å². The maximum atomic E-state index is 13.2. The molecule has 1 saturated heterocycles. The molecule has 1 fully saturated rings. The maximum Gasteiger partial charge on any atom is 0.260 e. The number of nitrogens with one attached hydrogen (secondary N) is 1. The Morgan fingerprint density at radius 3 is 2.56 bits per heavy atom. The molecule has 2 amide bonds. The van der Waals surface area contributed by atoms with Gasteiger partial charge in [-0.25, -0.2) is 17.8 Å². The quantitative estimate of drug-likeness (QED) is 0.520. The zero-order valence-corrected chi connectivity index (χ0v) is 22.0. The summed E-state index contributed by atoms with van der Waals surface area (Å²) in [7, 11) is -3.65. The normalized spacial score (nSPS) is 18.6. The number of sulfonamides is 1. The van der Waals surface area contributed by atoms with E-state index in [1.807, 2.05) is 18.6 Å². The van der Waals surface area contributed by atoms with E-state index in [1.54, 1.807) is 23.1 Å². The van der Waals surface area contributed by atoms with Crippen LogP contribution in [-0.2, 0) is 32.6 Å². The van der Waals surface area contributed by atoms with E-state index in [-0.39, 0.29) is 49.1 Å². The van der Waals surface area contributed by atoms with E-state index < -0.39 is 15.9 Å². The Labute approximate surface area is 215 Å². The van der Waals surface area contributed by atoms with Crippen molar-refractivity contribution in [3.05, 3.63) is 58.5 Å². The van der Waals surface area contributed by atoms with Crippen LogP contribution in [0.1, 0.15) is 31.4 Å². The van der Waals surface area contributed by atoms with Crippen LogP contribution in [0.15, 0.2) is 36.5 Å². The molecule has 0 aliphatic carbocycles. The second kappa shape index (κ2) is 12.0. The second-order valence-electron chi connectivity index (χ2n) is 9.00. The first-order valence-electron chi connectivity index (χ1n) is 11.5. The molecule has 196 valence electrons. The van der Waals surface area contributed by atoms with Crippen molar-refractivity contribution < 1.29 is 27.1 Å². The van der Waals surface area contributed by atoms with E-state index in [0.717, 1.165) is 11.8 Å². The van der Waals surface area contributed by atoms with Gasteiger partial charge < -0.3 is 9.64 Å². The fourth-order valence-electron chi connectivity index (χ4n) is 4.09. The summed E-state index contributed by atoms with van der Waals surface area (Å²) < 4.78 is 43.3. The molecule has 0 saturated carbocycles. The van der Waals surface area contributed by atoms with E-state index in [0.29, 0.717) is 30.2 Å². The van der Waals surface area contributed by atoms with Crippen LogP contribution in [0.25, 0.3) is 0 Å². The van der Waals surface area contributed by atoms with Gasteiger partial charge in [0.2, 0.25) is 21.8 Å². The van der Waals surface area contributed by atoms with Crippen LogP contribution in [-0.4, -0.2) is 73.1 Å². The Balaban J connectivity index is 1.57. The molecular formula is C24H30ClFN4O5S. The third-order valence-electron chi connectivity index (χ3n) is 5.88. The van der Waals surface area contributed by atoms with E-state index in [1.165, 1.54) is 18.3 Å². The largest absolute Gasteiger partial charge is 0.467 e. The number of aryl methyl sites for hydroxylation is 1. The van der Waals surface area contributed by atoms with Gasteiger partial charge in [-0.2, -0.15) is 0 Å². The summed E-state index contributed by atoms with van der Waals surface area (Å²) in [4.78, 5) is 33.0. The van der Waals surface area contributed by atoms with Gasteiger partial charge >= 0.3 is 0 Å². The molecule has 0 spiro atoms. The van der Waals surface area contributed by atoms with Gasteiger partial charge in [0.05, 0.1) is 11.3 Å². The van der Waals surface area contributed by atoms with Crippen molar-refractivity contribution >= 4 is 33.4 Å². The van der Waals surface area contributed by atoms with Crippen molar-refractivity contribution in [3.63, 3.8) is 0 Å². The Morgan fingerprint density at radius 2 is 1.89 bits per heavy atom. The Hall–Kier alpha value is -2.76. The summed E-state index contributed by atoms with van der Waals surface area (Å²) in [6.07, 6.45) is 2.29. The van der Waals surface area contributed by atoms with Crippen molar-refractivity contribution in [1.29, 1.82) is 0 Å². The fourth-order valence-corrected chi connectivity index (χ4v) is 4.78. The number of piperazine rings is 1. The molecule has 0 radical (unpaired) electrons. The van der Waals surface area contributed by atoms with Crippen LogP contribution >= 0.6 is 11.6 Å². The maximum absolute atomic E-state index is 13.2. The lowest BCUT2D eigenvalue weighted by atomic mass is 10.1. The number of halogens is 2. The standard InChI is InChI=1S/C24H30ClFN4O5S/c1-16-13-30(17(2)12-29(16)14-18-4-7-21(26)8-5-18)23(32)15-35-24-19(10-20(25)11-27-24)6-9-22(31)28-36(3,33)34/h4-5,7-8,10-11,16-17H,6,9,12-15H2,1-3H3,(H,28,31). The number of benzene rings is 1. The molecule has 2 heterocycles. The highest BCUT2D eigenvalue weighted by molar-refractivity contribution is 7.89. The topological polar surface area (TPSA) is 109 Å². The number of hydrogen-bond acceptors (Lipinski definition) is 7. The lowest BCUT2D eigenvalue weighted by Gasteiger charge is -2.44. The minimum atomic E-state index is -3.65. The molecule has 9 nitrogen and oxygen atoms in total. The molecule has 3 rings (SSSR count). The lowest BCUT2D eigenvalue weighted by molar-refractivity contribution is -0.139. The summed E-state index contributed by atoms with van der Waals surface area (Å²) >= 11 is 6.02. The number of rotatable bonds is 9. The summed E-state index contributed by atoms with van der Waals surface area (Å²) in [5, 5.41) is 0.326. The van der Waals surface area contributed by atoms with Gasteiger partial charge in [0, 0.05) is 49.9 Å². The van der Waals surface area contributed by atoms with Gasteiger partial charge in [-0.1, -0.05) is 23.7 Å². The highest BCUT2D eigenvalue weighted by Gasteiger charge is 2.32. The first-order valence-corrected chi connectivity index (χ1v) is 13.7. The Bertz CT molecular complexity index is 1200. The van der Waals surface area contributed by atoms with E-state index in [2.05, 4.69) is 9.88 Å². The summed E-state index contributed by atoms with van der Waals surface area (Å²) in [6, 6.07) is 8.01. The van der Waals surface area contributed by atoms with E-state index >= 15 is 0 Å². The van der Waals surface area contributed by atoms with Crippen LogP contribution in [0.5, 0.6) is 5.88 Å². The number of aromatic nitrogens is 1. The Kier molecular flexibility index (Phi) is 9.26. The predicted octanol–water partition coefficient (Wildman–Crippen LogP) is 2.38. The van der Waals surface area contributed by atoms with Crippen molar-refractivity contribution in [2.75, 3.05) is 26.0 Å². The molecule has 2 aromatic rings. The Morgan fingerprint density at radius 1 is 1.19 bits per heavy atom. The highest BCUT2D eigenvalue weighted by Crippen LogP contribution is 2.23.